The van der Waals surface area contributed by atoms with E-state index in [0.29, 0.717) is 19.0 Å². The highest BCUT2D eigenvalue weighted by molar-refractivity contribution is 5.87. The van der Waals surface area contributed by atoms with Gasteiger partial charge in [0.05, 0.1) is 0 Å². The van der Waals surface area contributed by atoms with E-state index < -0.39 is 0 Å². The average molecular weight is 304 g/mol. The molecule has 22 heavy (non-hydrogen) atoms. The number of nitrogens with zero attached hydrogens (tertiary/aromatic N) is 1. The Labute approximate surface area is 132 Å². The largest absolute Gasteiger partial charge is 0.352 e. The molecule has 0 bridgehead atoms. The van der Waals surface area contributed by atoms with Gasteiger partial charge in [-0.1, -0.05) is 23.8 Å². The maximum absolute atomic E-state index is 13.7. The van der Waals surface area contributed by atoms with Gasteiger partial charge in [-0.15, -0.1) is 0 Å². The maximum atomic E-state index is 13.7. The van der Waals surface area contributed by atoms with E-state index in [1.807, 2.05) is 26.0 Å². The minimum atomic E-state index is -0.138. The fourth-order valence-electron chi connectivity index (χ4n) is 2.89. The van der Waals surface area contributed by atoms with E-state index in [4.69, 9.17) is 0 Å². The first-order valence-electron chi connectivity index (χ1n) is 7.93. The molecule has 3 nitrogen and oxygen atoms in total. The second kappa shape index (κ2) is 8.08. The zero-order valence-electron chi connectivity index (χ0n) is 13.4. The minimum absolute atomic E-state index is 0.0220. The Hall–Kier alpha value is -1.68. The lowest BCUT2D eigenvalue weighted by atomic mass is 9.97. The molecule has 0 saturated carbocycles. The van der Waals surface area contributed by atoms with Crippen molar-refractivity contribution in [2.75, 3.05) is 19.6 Å². The van der Waals surface area contributed by atoms with E-state index in [1.165, 1.54) is 6.07 Å². The molecule has 0 aromatic heterocycles. The molecule has 0 spiro atoms. The van der Waals surface area contributed by atoms with Crippen LogP contribution in [-0.4, -0.2) is 30.4 Å². The van der Waals surface area contributed by atoms with Gasteiger partial charge in [-0.25, -0.2) is 4.39 Å². The molecule has 1 aromatic rings. The summed E-state index contributed by atoms with van der Waals surface area (Å²) in [5.74, 6) is 0.280. The maximum Gasteiger partial charge on any atom is 0.243 e. The van der Waals surface area contributed by atoms with Crippen molar-refractivity contribution >= 4 is 5.91 Å². The summed E-state index contributed by atoms with van der Waals surface area (Å²) in [7, 11) is 0. The van der Waals surface area contributed by atoms with Crippen LogP contribution in [0.1, 0.15) is 32.3 Å². The Morgan fingerprint density at radius 2 is 2.18 bits per heavy atom. The lowest BCUT2D eigenvalue weighted by Gasteiger charge is -2.32. The summed E-state index contributed by atoms with van der Waals surface area (Å²) >= 11 is 0. The van der Waals surface area contributed by atoms with E-state index in [1.54, 1.807) is 12.1 Å². The second-order valence-electron chi connectivity index (χ2n) is 6.30. The monoisotopic (exact) mass is 304 g/mol. The fraction of sp³-hybridized carbons (Fsp3) is 0.500. The summed E-state index contributed by atoms with van der Waals surface area (Å²) in [5, 5.41) is 2.96. The molecule has 1 aliphatic heterocycles. The lowest BCUT2D eigenvalue weighted by molar-refractivity contribution is -0.116. The van der Waals surface area contributed by atoms with Gasteiger partial charge in [0, 0.05) is 31.3 Å². The van der Waals surface area contributed by atoms with E-state index in [0.717, 1.165) is 37.1 Å². The molecule has 0 aliphatic carbocycles. The summed E-state index contributed by atoms with van der Waals surface area (Å²) in [4.78, 5) is 13.9. The van der Waals surface area contributed by atoms with Gasteiger partial charge in [-0.3, -0.25) is 9.69 Å². The van der Waals surface area contributed by atoms with Crippen LogP contribution >= 0.6 is 0 Å². The molecule has 1 aromatic carbocycles. The number of hydrogen-bond acceptors (Lipinski definition) is 2. The smallest absolute Gasteiger partial charge is 0.243 e. The van der Waals surface area contributed by atoms with Crippen LogP contribution in [0.3, 0.4) is 0 Å². The van der Waals surface area contributed by atoms with Gasteiger partial charge in [0.2, 0.25) is 5.91 Å². The van der Waals surface area contributed by atoms with Gasteiger partial charge in [0.25, 0.3) is 0 Å². The summed E-state index contributed by atoms with van der Waals surface area (Å²) in [6.07, 6.45) is 3.83. The summed E-state index contributed by atoms with van der Waals surface area (Å²) in [5.41, 5.74) is 1.75. The van der Waals surface area contributed by atoms with Gasteiger partial charge < -0.3 is 5.32 Å². The molecule has 1 atom stereocenters. The number of piperidine rings is 1. The van der Waals surface area contributed by atoms with Crippen LogP contribution in [0.15, 0.2) is 35.9 Å². The van der Waals surface area contributed by atoms with Crippen molar-refractivity contribution in [3.05, 3.63) is 47.3 Å². The molecular formula is C18H25FN2O. The highest BCUT2D eigenvalue weighted by Crippen LogP contribution is 2.19. The minimum Gasteiger partial charge on any atom is -0.352 e. The van der Waals surface area contributed by atoms with Crippen LogP contribution < -0.4 is 5.32 Å². The number of nitrogens with one attached hydrogen (secondary N) is 1. The van der Waals surface area contributed by atoms with Crippen molar-refractivity contribution in [2.45, 2.75) is 33.2 Å². The van der Waals surface area contributed by atoms with Gasteiger partial charge in [-0.2, -0.15) is 0 Å². The zero-order valence-corrected chi connectivity index (χ0v) is 13.4. The van der Waals surface area contributed by atoms with Gasteiger partial charge in [0.15, 0.2) is 0 Å². The number of carbonyl (C=O) groups is 1. The van der Waals surface area contributed by atoms with Crippen LogP contribution in [0.5, 0.6) is 0 Å². The number of hydrogen-bond donors (Lipinski definition) is 1. The third kappa shape index (κ3) is 5.26. The predicted molar refractivity (Wildman–Crippen MR) is 86.8 cm³/mol. The van der Waals surface area contributed by atoms with Crippen LogP contribution in [0.25, 0.3) is 0 Å². The number of amides is 1. The van der Waals surface area contributed by atoms with Crippen molar-refractivity contribution in [3.63, 3.8) is 0 Å². The molecule has 0 unspecified atom stereocenters. The third-order valence-corrected chi connectivity index (χ3v) is 3.94. The Morgan fingerprint density at radius 3 is 2.91 bits per heavy atom. The Bertz CT molecular complexity index is 538. The first-order valence-corrected chi connectivity index (χ1v) is 7.93. The summed E-state index contributed by atoms with van der Waals surface area (Å²) < 4.78 is 13.7. The van der Waals surface area contributed by atoms with Crippen molar-refractivity contribution in [3.8, 4) is 0 Å². The molecule has 1 saturated heterocycles. The Balaban J connectivity index is 1.83. The van der Waals surface area contributed by atoms with Crippen LogP contribution in [0, 0.1) is 11.7 Å². The molecule has 1 amide bonds. The molecule has 2 rings (SSSR count). The molecule has 120 valence electrons. The van der Waals surface area contributed by atoms with Gasteiger partial charge in [0.1, 0.15) is 5.82 Å². The van der Waals surface area contributed by atoms with Crippen molar-refractivity contribution in [1.29, 1.82) is 0 Å². The second-order valence-corrected chi connectivity index (χ2v) is 6.30. The lowest BCUT2D eigenvalue weighted by Crippen LogP contribution is -2.40. The standard InChI is InChI=1S/C18H25FN2O/c1-14(2)10-18(22)20-11-15-6-5-9-21(12-15)13-16-7-3-4-8-17(16)19/h3-4,7-8,10,15H,5-6,9,11-13H2,1-2H3,(H,20,22)/t15-/m1/s1. The topological polar surface area (TPSA) is 32.3 Å². The van der Waals surface area contributed by atoms with Crippen molar-refractivity contribution < 1.29 is 9.18 Å². The van der Waals surface area contributed by atoms with Crippen LogP contribution in [0.2, 0.25) is 0 Å². The number of allylic oxidation sites excluding steroid dienone is 1. The first-order chi connectivity index (χ1) is 10.5. The Kier molecular flexibility index (Phi) is 6.13. The predicted octanol–water partition coefficient (Wildman–Crippen LogP) is 3.12. The van der Waals surface area contributed by atoms with E-state index in [9.17, 15) is 9.18 Å². The van der Waals surface area contributed by atoms with Crippen molar-refractivity contribution in [1.82, 2.24) is 10.2 Å². The van der Waals surface area contributed by atoms with Crippen LogP contribution in [0.4, 0.5) is 4.39 Å². The third-order valence-electron chi connectivity index (χ3n) is 3.94. The van der Waals surface area contributed by atoms with E-state index in [-0.39, 0.29) is 11.7 Å². The van der Waals surface area contributed by atoms with Gasteiger partial charge >= 0.3 is 0 Å². The molecule has 1 heterocycles. The number of likely N-dealkylation sites (tertiary alicyclic amines) is 1. The molecular weight excluding hydrogens is 279 g/mol. The normalized spacial score (nSPS) is 18.8. The number of benzene rings is 1. The summed E-state index contributed by atoms with van der Waals surface area (Å²) in [6.45, 7) is 7.06. The number of carbonyl (C=O) groups excluding carboxylic acids is 1. The van der Waals surface area contributed by atoms with Gasteiger partial charge in [-0.05, 0) is 45.2 Å². The summed E-state index contributed by atoms with van der Waals surface area (Å²) in [6, 6.07) is 6.95. The van der Waals surface area contributed by atoms with E-state index >= 15 is 0 Å². The first kappa shape index (κ1) is 16.7. The van der Waals surface area contributed by atoms with Crippen molar-refractivity contribution in [2.24, 2.45) is 5.92 Å². The average Bonchev–Trinajstić information content (AvgIpc) is 2.47. The van der Waals surface area contributed by atoms with E-state index in [2.05, 4.69) is 10.2 Å². The quantitative estimate of drug-likeness (QED) is 0.848. The zero-order chi connectivity index (χ0) is 15.9. The molecule has 0 radical (unpaired) electrons. The number of rotatable bonds is 5. The Morgan fingerprint density at radius 1 is 1.41 bits per heavy atom. The molecule has 1 aliphatic rings. The molecule has 4 heteroatoms. The van der Waals surface area contributed by atoms with Crippen LogP contribution in [-0.2, 0) is 11.3 Å². The number of halogens is 1. The molecule has 1 N–H and O–H groups in total. The fourth-order valence-corrected chi connectivity index (χ4v) is 2.89. The highest BCUT2D eigenvalue weighted by Gasteiger charge is 2.20. The highest BCUT2D eigenvalue weighted by atomic mass is 19.1. The SMILES string of the molecule is CC(C)=CC(=O)NC[C@H]1CCCN(Cc2ccccc2F)C1. The molecule has 1 fully saturated rings.